The summed E-state index contributed by atoms with van der Waals surface area (Å²) in [6.07, 6.45) is 1.23. The zero-order valence-corrected chi connectivity index (χ0v) is 15.3. The van der Waals surface area contributed by atoms with Gasteiger partial charge in [0.05, 0.1) is 17.5 Å². The van der Waals surface area contributed by atoms with Crippen LogP contribution in [-0.2, 0) is 19.6 Å². The van der Waals surface area contributed by atoms with Crippen molar-refractivity contribution in [2.75, 3.05) is 19.7 Å². The molecule has 0 saturated carbocycles. The van der Waals surface area contributed by atoms with Gasteiger partial charge in [-0.1, -0.05) is 23.2 Å². The maximum atomic E-state index is 12.8. The number of nitrogens with zero attached hydrogens (tertiary/aromatic N) is 1. The van der Waals surface area contributed by atoms with Gasteiger partial charge in [0.2, 0.25) is 10.0 Å². The van der Waals surface area contributed by atoms with Crippen molar-refractivity contribution in [1.82, 2.24) is 4.31 Å². The maximum Gasteiger partial charge on any atom is 0.310 e. The molecule has 1 fully saturated rings. The monoisotopic (exact) mass is 379 g/mol. The van der Waals surface area contributed by atoms with Gasteiger partial charge in [0, 0.05) is 18.1 Å². The molecule has 0 spiro atoms. The van der Waals surface area contributed by atoms with E-state index in [9.17, 15) is 13.2 Å². The van der Waals surface area contributed by atoms with Gasteiger partial charge in [-0.2, -0.15) is 4.31 Å². The van der Waals surface area contributed by atoms with Crippen LogP contribution < -0.4 is 0 Å². The lowest BCUT2D eigenvalue weighted by Gasteiger charge is -2.31. The zero-order valence-electron chi connectivity index (χ0n) is 13.0. The van der Waals surface area contributed by atoms with Crippen LogP contribution in [0, 0.1) is 12.8 Å². The summed E-state index contributed by atoms with van der Waals surface area (Å²) in [7, 11) is -3.78. The highest BCUT2D eigenvalue weighted by molar-refractivity contribution is 7.89. The lowest BCUT2D eigenvalue weighted by Crippen LogP contribution is -2.42. The molecule has 128 valence electrons. The van der Waals surface area contributed by atoms with Crippen LogP contribution in [-0.4, -0.2) is 38.4 Å². The molecule has 5 nitrogen and oxygen atoms in total. The molecule has 2 rings (SSSR count). The molecule has 1 saturated heterocycles. The van der Waals surface area contributed by atoms with E-state index in [4.69, 9.17) is 27.9 Å². The van der Waals surface area contributed by atoms with Gasteiger partial charge in [-0.3, -0.25) is 4.79 Å². The third-order valence-electron chi connectivity index (χ3n) is 3.84. The van der Waals surface area contributed by atoms with Crippen molar-refractivity contribution in [2.45, 2.75) is 31.6 Å². The van der Waals surface area contributed by atoms with E-state index in [1.807, 2.05) is 0 Å². The number of benzene rings is 1. The molecule has 0 radical (unpaired) electrons. The first-order valence-electron chi connectivity index (χ1n) is 7.39. The summed E-state index contributed by atoms with van der Waals surface area (Å²) in [5, 5.41) is 0.496. The molecule has 1 aliphatic rings. The molecule has 8 heteroatoms. The number of esters is 1. The van der Waals surface area contributed by atoms with Gasteiger partial charge in [0.15, 0.2) is 0 Å². The summed E-state index contributed by atoms with van der Waals surface area (Å²) in [5.74, 6) is -0.795. The average molecular weight is 380 g/mol. The maximum absolute atomic E-state index is 12.8. The summed E-state index contributed by atoms with van der Waals surface area (Å²) in [4.78, 5) is 11.9. The number of ether oxygens (including phenoxy) is 1. The molecule has 1 aromatic carbocycles. The van der Waals surface area contributed by atoms with Gasteiger partial charge in [-0.15, -0.1) is 0 Å². The van der Waals surface area contributed by atoms with E-state index < -0.39 is 15.9 Å². The van der Waals surface area contributed by atoms with E-state index in [0.29, 0.717) is 30.0 Å². The Hall–Kier alpha value is -0.820. The highest BCUT2D eigenvalue weighted by Gasteiger charge is 2.35. The molecule has 0 bridgehead atoms. The van der Waals surface area contributed by atoms with E-state index in [-0.39, 0.29) is 29.0 Å². The average Bonchev–Trinajstić information content (AvgIpc) is 2.51. The summed E-state index contributed by atoms with van der Waals surface area (Å²) < 4.78 is 32.0. The van der Waals surface area contributed by atoms with Crippen LogP contribution in [0.25, 0.3) is 0 Å². The van der Waals surface area contributed by atoms with Gasteiger partial charge >= 0.3 is 5.97 Å². The molecule has 0 aliphatic carbocycles. The minimum atomic E-state index is -3.78. The van der Waals surface area contributed by atoms with Crippen LogP contribution in [0.4, 0.5) is 0 Å². The molecule has 1 aromatic rings. The number of carbonyl (C=O) groups excluding carboxylic acids is 1. The second-order valence-corrected chi connectivity index (χ2v) is 8.21. The van der Waals surface area contributed by atoms with Crippen LogP contribution in [0.1, 0.15) is 25.3 Å². The summed E-state index contributed by atoms with van der Waals surface area (Å²) >= 11 is 12.0. The fourth-order valence-corrected chi connectivity index (χ4v) is 4.91. The first kappa shape index (κ1) is 18.5. The molecular weight excluding hydrogens is 361 g/mol. The van der Waals surface area contributed by atoms with E-state index in [1.165, 1.54) is 16.4 Å². The van der Waals surface area contributed by atoms with Gasteiger partial charge in [-0.05, 0) is 44.4 Å². The second-order valence-electron chi connectivity index (χ2n) is 5.49. The Bertz CT molecular complexity index is 706. The predicted octanol–water partition coefficient (Wildman–Crippen LogP) is 3.27. The summed E-state index contributed by atoms with van der Waals surface area (Å²) in [6, 6.07) is 2.89. The molecule has 1 heterocycles. The van der Waals surface area contributed by atoms with Gasteiger partial charge in [0.25, 0.3) is 0 Å². The number of sulfonamides is 1. The van der Waals surface area contributed by atoms with Crippen molar-refractivity contribution in [3.05, 3.63) is 27.7 Å². The minimum absolute atomic E-state index is 0.0191. The van der Waals surface area contributed by atoms with Crippen molar-refractivity contribution in [1.29, 1.82) is 0 Å². The Morgan fingerprint density at radius 1 is 1.35 bits per heavy atom. The van der Waals surface area contributed by atoms with Gasteiger partial charge in [0.1, 0.15) is 4.90 Å². The largest absolute Gasteiger partial charge is 0.466 e. The first-order valence-corrected chi connectivity index (χ1v) is 9.59. The van der Waals surface area contributed by atoms with Crippen LogP contribution in [0.2, 0.25) is 10.0 Å². The fourth-order valence-electron chi connectivity index (χ4n) is 2.58. The van der Waals surface area contributed by atoms with E-state index >= 15 is 0 Å². The van der Waals surface area contributed by atoms with Crippen LogP contribution >= 0.6 is 23.2 Å². The molecule has 0 N–H and O–H groups in total. The quantitative estimate of drug-likeness (QED) is 0.753. The Labute approximate surface area is 146 Å². The van der Waals surface area contributed by atoms with Crippen LogP contribution in [0.3, 0.4) is 0 Å². The number of carbonyl (C=O) groups is 1. The molecule has 1 unspecified atom stereocenters. The number of piperidine rings is 1. The highest BCUT2D eigenvalue weighted by Crippen LogP contribution is 2.32. The molecule has 1 atom stereocenters. The molecule has 0 amide bonds. The van der Waals surface area contributed by atoms with Crippen LogP contribution in [0.5, 0.6) is 0 Å². The Morgan fingerprint density at radius 3 is 2.70 bits per heavy atom. The van der Waals surface area contributed by atoms with Crippen molar-refractivity contribution < 1.29 is 17.9 Å². The van der Waals surface area contributed by atoms with Crippen molar-refractivity contribution in [2.24, 2.45) is 5.92 Å². The summed E-state index contributed by atoms with van der Waals surface area (Å²) in [5.41, 5.74) is 0.633. The Balaban J connectivity index is 2.29. The summed E-state index contributed by atoms with van der Waals surface area (Å²) in [6.45, 7) is 4.19. The molecule has 1 aliphatic heterocycles. The van der Waals surface area contributed by atoms with Gasteiger partial charge < -0.3 is 4.74 Å². The topological polar surface area (TPSA) is 63.7 Å². The number of hydrogen-bond acceptors (Lipinski definition) is 4. The molecule has 23 heavy (non-hydrogen) atoms. The van der Waals surface area contributed by atoms with E-state index in [1.54, 1.807) is 13.8 Å². The SMILES string of the molecule is CCOC(=O)C1CCCN(S(=O)(=O)c2cc(C)c(Cl)cc2Cl)C1. The highest BCUT2D eigenvalue weighted by atomic mass is 35.5. The first-order chi connectivity index (χ1) is 10.8. The number of aryl methyl sites for hydroxylation is 1. The third kappa shape index (κ3) is 3.99. The number of halogens is 2. The normalized spacial score (nSPS) is 19.6. The Morgan fingerprint density at radius 2 is 2.04 bits per heavy atom. The van der Waals surface area contributed by atoms with Crippen LogP contribution in [0.15, 0.2) is 17.0 Å². The van der Waals surface area contributed by atoms with Crippen molar-refractivity contribution in [3.63, 3.8) is 0 Å². The van der Waals surface area contributed by atoms with E-state index in [0.717, 1.165) is 0 Å². The standard InChI is InChI=1S/C15H19Cl2NO4S/c1-3-22-15(19)11-5-4-6-18(9-11)23(20,21)14-7-10(2)12(16)8-13(14)17/h7-8,11H,3-6,9H2,1-2H3. The fraction of sp³-hybridized carbons (Fsp3) is 0.533. The lowest BCUT2D eigenvalue weighted by atomic mass is 10.0. The number of rotatable bonds is 4. The zero-order chi connectivity index (χ0) is 17.2. The van der Waals surface area contributed by atoms with Gasteiger partial charge in [-0.25, -0.2) is 8.42 Å². The number of hydrogen-bond donors (Lipinski definition) is 0. The van der Waals surface area contributed by atoms with E-state index in [2.05, 4.69) is 0 Å². The smallest absolute Gasteiger partial charge is 0.310 e. The lowest BCUT2D eigenvalue weighted by molar-refractivity contribution is -0.149. The molecule has 0 aromatic heterocycles. The second kappa shape index (κ2) is 7.38. The molecular formula is C15H19Cl2NO4S. The Kier molecular flexibility index (Phi) is 5.94. The minimum Gasteiger partial charge on any atom is -0.466 e. The van der Waals surface area contributed by atoms with Crippen molar-refractivity contribution >= 4 is 39.2 Å². The predicted molar refractivity (Wildman–Crippen MR) is 89.3 cm³/mol. The third-order valence-corrected chi connectivity index (χ3v) is 6.57. The van der Waals surface area contributed by atoms with Crippen molar-refractivity contribution in [3.8, 4) is 0 Å².